The van der Waals surface area contributed by atoms with Crippen molar-refractivity contribution in [3.05, 3.63) is 62.8 Å². The summed E-state index contributed by atoms with van der Waals surface area (Å²) in [5, 5.41) is 1.71. The van der Waals surface area contributed by atoms with Crippen molar-refractivity contribution in [2.75, 3.05) is 0 Å². The molecule has 0 bridgehead atoms. The fourth-order valence-corrected chi connectivity index (χ4v) is 5.87. The van der Waals surface area contributed by atoms with Gasteiger partial charge in [-0.25, -0.2) is 4.98 Å². The Morgan fingerprint density at radius 3 is 2.79 bits per heavy atom. The second-order valence-electron chi connectivity index (χ2n) is 6.24. The van der Waals surface area contributed by atoms with E-state index in [1.165, 1.54) is 33.8 Å². The summed E-state index contributed by atoms with van der Waals surface area (Å²) in [6.45, 7) is 0.610. The molecule has 5 rings (SSSR count). The monoisotopic (exact) mass is 352 g/mol. The fraction of sp³-hybridized carbons (Fsp3) is 0.263. The molecule has 3 aromatic rings. The van der Waals surface area contributed by atoms with Crippen LogP contribution in [-0.2, 0) is 19.4 Å². The predicted molar refractivity (Wildman–Crippen MR) is 101 cm³/mol. The van der Waals surface area contributed by atoms with E-state index in [1.807, 2.05) is 22.8 Å². The predicted octanol–water partition coefficient (Wildman–Crippen LogP) is 4.48. The fourth-order valence-electron chi connectivity index (χ4n) is 3.55. The van der Waals surface area contributed by atoms with Crippen LogP contribution in [0.25, 0.3) is 15.1 Å². The molecule has 0 spiro atoms. The van der Waals surface area contributed by atoms with Crippen molar-refractivity contribution in [2.45, 2.75) is 37.4 Å². The number of nitrogens with zero attached hydrogens (tertiary/aromatic N) is 2. The van der Waals surface area contributed by atoms with E-state index in [-0.39, 0.29) is 5.56 Å². The topological polar surface area (TPSA) is 34.9 Å². The number of benzene rings is 1. The number of fused-ring (bicyclic) bond motifs is 4. The van der Waals surface area contributed by atoms with Gasteiger partial charge in [0, 0.05) is 16.3 Å². The van der Waals surface area contributed by atoms with Crippen LogP contribution in [0.5, 0.6) is 0 Å². The number of rotatable bonds is 1. The molecule has 0 saturated carbocycles. The van der Waals surface area contributed by atoms with Gasteiger partial charge in [0.15, 0.2) is 5.16 Å². The summed E-state index contributed by atoms with van der Waals surface area (Å²) in [6.07, 6.45) is 6.69. The van der Waals surface area contributed by atoms with Gasteiger partial charge in [-0.15, -0.1) is 11.3 Å². The quantitative estimate of drug-likeness (QED) is 0.606. The molecule has 0 unspecified atom stereocenters. The molecule has 2 aromatic heterocycles. The number of hydrogen-bond donors (Lipinski definition) is 0. The van der Waals surface area contributed by atoms with E-state index in [1.54, 1.807) is 23.1 Å². The summed E-state index contributed by atoms with van der Waals surface area (Å²) in [6, 6.07) is 10.3. The zero-order valence-corrected chi connectivity index (χ0v) is 14.8. The molecule has 0 radical (unpaired) electrons. The third-order valence-corrected chi connectivity index (χ3v) is 7.06. The van der Waals surface area contributed by atoms with E-state index in [9.17, 15) is 4.79 Å². The maximum atomic E-state index is 13.0. The van der Waals surface area contributed by atoms with Crippen LogP contribution in [0.3, 0.4) is 0 Å². The molecule has 24 heavy (non-hydrogen) atoms. The molecule has 0 N–H and O–H groups in total. The Labute approximate surface area is 148 Å². The van der Waals surface area contributed by atoms with Gasteiger partial charge in [-0.3, -0.25) is 9.36 Å². The largest absolute Gasteiger partial charge is 0.283 e. The Kier molecular flexibility index (Phi) is 3.38. The first-order valence-electron chi connectivity index (χ1n) is 8.30. The van der Waals surface area contributed by atoms with Crippen LogP contribution in [0.1, 0.15) is 28.8 Å². The summed E-state index contributed by atoms with van der Waals surface area (Å²) in [4.78, 5) is 21.4. The Hall–Kier alpha value is -1.85. The van der Waals surface area contributed by atoms with Crippen molar-refractivity contribution < 1.29 is 0 Å². The first-order chi connectivity index (χ1) is 11.8. The van der Waals surface area contributed by atoms with Gasteiger partial charge in [-0.2, -0.15) is 0 Å². The smallest absolute Gasteiger partial charge is 0.263 e. The van der Waals surface area contributed by atoms with Crippen LogP contribution in [0.4, 0.5) is 0 Å². The Morgan fingerprint density at radius 2 is 1.92 bits per heavy atom. The molecule has 0 fully saturated rings. The lowest BCUT2D eigenvalue weighted by Gasteiger charge is -2.18. The highest BCUT2D eigenvalue weighted by Crippen LogP contribution is 2.39. The molecule has 1 aromatic carbocycles. The van der Waals surface area contributed by atoms with Crippen molar-refractivity contribution >= 4 is 38.2 Å². The Balaban J connectivity index is 1.65. The SMILES string of the molecule is O=c1c2c3c(sc2nc2n1CC=C(c1ccccc1)S2)CCCC3. The average Bonchev–Trinajstić information content (AvgIpc) is 3.00. The van der Waals surface area contributed by atoms with Crippen molar-refractivity contribution in [2.24, 2.45) is 0 Å². The molecule has 0 amide bonds. The van der Waals surface area contributed by atoms with Crippen LogP contribution < -0.4 is 5.56 Å². The summed E-state index contributed by atoms with van der Waals surface area (Å²) >= 11 is 3.33. The third-order valence-electron chi connectivity index (χ3n) is 4.76. The molecular formula is C19H16N2OS2. The Bertz CT molecular complexity index is 1030. The van der Waals surface area contributed by atoms with Gasteiger partial charge in [0.05, 0.1) is 5.39 Å². The van der Waals surface area contributed by atoms with Gasteiger partial charge in [-0.05, 0) is 42.9 Å². The maximum Gasteiger partial charge on any atom is 0.263 e. The number of hydrogen-bond acceptors (Lipinski definition) is 4. The molecule has 120 valence electrons. The zero-order chi connectivity index (χ0) is 16.1. The second kappa shape index (κ2) is 5.60. The summed E-state index contributed by atoms with van der Waals surface area (Å²) < 4.78 is 1.83. The van der Waals surface area contributed by atoms with E-state index >= 15 is 0 Å². The van der Waals surface area contributed by atoms with Crippen LogP contribution in [0, 0.1) is 0 Å². The first kappa shape index (κ1) is 14.5. The van der Waals surface area contributed by atoms with Crippen molar-refractivity contribution in [1.82, 2.24) is 9.55 Å². The van der Waals surface area contributed by atoms with Crippen LogP contribution in [0.15, 0.2) is 46.4 Å². The molecule has 0 atom stereocenters. The first-order valence-corrected chi connectivity index (χ1v) is 9.93. The average molecular weight is 352 g/mol. The van der Waals surface area contributed by atoms with E-state index in [2.05, 4.69) is 18.2 Å². The molecule has 1 aliphatic carbocycles. The van der Waals surface area contributed by atoms with Gasteiger partial charge in [0.25, 0.3) is 5.56 Å². The standard InChI is InChI=1S/C19H16N2OS2/c22-18-16-13-8-4-5-9-15(13)23-17(16)20-19-21(18)11-10-14(24-19)12-6-2-1-3-7-12/h1-3,6-7,10H,4-5,8-9,11H2. The summed E-state index contributed by atoms with van der Waals surface area (Å²) in [5.74, 6) is 0. The Morgan fingerprint density at radius 1 is 1.08 bits per heavy atom. The maximum absolute atomic E-state index is 13.0. The molecule has 2 aliphatic rings. The van der Waals surface area contributed by atoms with E-state index in [0.29, 0.717) is 6.54 Å². The highest BCUT2D eigenvalue weighted by atomic mass is 32.2. The van der Waals surface area contributed by atoms with Gasteiger partial charge in [0.2, 0.25) is 0 Å². The lowest BCUT2D eigenvalue weighted by atomic mass is 9.97. The number of aromatic nitrogens is 2. The zero-order valence-electron chi connectivity index (χ0n) is 13.1. The number of aryl methyl sites for hydroxylation is 2. The number of thiophene rings is 1. The molecule has 3 nitrogen and oxygen atoms in total. The minimum atomic E-state index is 0.144. The molecule has 3 heterocycles. The third kappa shape index (κ3) is 2.19. The van der Waals surface area contributed by atoms with E-state index in [0.717, 1.165) is 28.2 Å². The summed E-state index contributed by atoms with van der Waals surface area (Å²) in [7, 11) is 0. The number of thioether (sulfide) groups is 1. The van der Waals surface area contributed by atoms with Crippen LogP contribution in [-0.4, -0.2) is 9.55 Å². The number of allylic oxidation sites excluding steroid dienone is 1. The molecule has 1 aliphatic heterocycles. The van der Waals surface area contributed by atoms with Gasteiger partial charge in [0.1, 0.15) is 4.83 Å². The van der Waals surface area contributed by atoms with Gasteiger partial charge < -0.3 is 0 Å². The molecule has 5 heteroatoms. The lowest BCUT2D eigenvalue weighted by molar-refractivity contribution is 0.666. The van der Waals surface area contributed by atoms with Crippen LogP contribution >= 0.6 is 23.1 Å². The highest BCUT2D eigenvalue weighted by Gasteiger charge is 2.24. The normalized spacial score (nSPS) is 16.6. The van der Waals surface area contributed by atoms with Gasteiger partial charge in [-0.1, -0.05) is 42.1 Å². The minimum absolute atomic E-state index is 0.144. The molecular weight excluding hydrogens is 336 g/mol. The molecule has 0 saturated heterocycles. The second-order valence-corrected chi connectivity index (χ2v) is 8.33. The van der Waals surface area contributed by atoms with Crippen LogP contribution in [0.2, 0.25) is 0 Å². The van der Waals surface area contributed by atoms with Crippen molar-refractivity contribution in [3.8, 4) is 0 Å². The van der Waals surface area contributed by atoms with Crippen molar-refractivity contribution in [3.63, 3.8) is 0 Å². The highest BCUT2D eigenvalue weighted by molar-refractivity contribution is 8.08. The lowest BCUT2D eigenvalue weighted by Crippen LogP contribution is -2.24. The van der Waals surface area contributed by atoms with E-state index in [4.69, 9.17) is 4.98 Å². The van der Waals surface area contributed by atoms with E-state index < -0.39 is 0 Å². The van der Waals surface area contributed by atoms with Crippen molar-refractivity contribution in [1.29, 1.82) is 0 Å². The van der Waals surface area contributed by atoms with Gasteiger partial charge >= 0.3 is 0 Å². The summed E-state index contributed by atoms with van der Waals surface area (Å²) in [5.41, 5.74) is 2.61. The minimum Gasteiger partial charge on any atom is -0.283 e.